The summed E-state index contributed by atoms with van der Waals surface area (Å²) in [6, 6.07) is 0.147. The van der Waals surface area contributed by atoms with Gasteiger partial charge in [-0.3, -0.25) is 0 Å². The Kier molecular flexibility index (Phi) is 7.97. The normalized spacial score (nSPS) is 13.6. The van der Waals surface area contributed by atoms with Crippen LogP contribution in [0.2, 0.25) is 0 Å². The molecule has 4 nitrogen and oxygen atoms in total. The first kappa shape index (κ1) is 18.2. The summed E-state index contributed by atoms with van der Waals surface area (Å²) in [6.45, 7) is 13.6. The Hall–Kier alpha value is -0.870. The summed E-state index contributed by atoms with van der Waals surface area (Å²) in [4.78, 5) is 4.65. The first-order valence-corrected chi connectivity index (χ1v) is 8.57. The molecule has 122 valence electrons. The number of hydrogen-bond donors (Lipinski definition) is 1. The second-order valence-electron chi connectivity index (χ2n) is 5.57. The monoisotopic (exact) mass is 295 g/mol. The molecule has 1 rings (SSSR count). The fourth-order valence-electron chi connectivity index (χ4n) is 3.05. The zero-order valence-corrected chi connectivity index (χ0v) is 14.5. The third-order valence-corrected chi connectivity index (χ3v) is 4.22. The zero-order chi connectivity index (χ0) is 15.7. The number of aromatic nitrogens is 2. The van der Waals surface area contributed by atoms with Gasteiger partial charge in [0.25, 0.3) is 0 Å². The third-order valence-electron chi connectivity index (χ3n) is 4.22. The fraction of sp³-hybridized carbons (Fsp3) is 0.824. The molecule has 0 saturated heterocycles. The molecule has 1 unspecified atom stereocenters. The van der Waals surface area contributed by atoms with Crippen molar-refractivity contribution in [3.8, 4) is 0 Å². The highest BCUT2D eigenvalue weighted by Crippen LogP contribution is 2.35. The molecule has 1 N–H and O–H groups in total. The highest BCUT2D eigenvalue weighted by atomic mass is 16.5. The van der Waals surface area contributed by atoms with Gasteiger partial charge in [0.1, 0.15) is 5.82 Å². The highest BCUT2D eigenvalue weighted by Gasteiger charge is 2.39. The van der Waals surface area contributed by atoms with Gasteiger partial charge in [-0.1, -0.05) is 27.7 Å². The van der Waals surface area contributed by atoms with E-state index in [-0.39, 0.29) is 11.6 Å². The van der Waals surface area contributed by atoms with Gasteiger partial charge < -0.3 is 14.6 Å². The van der Waals surface area contributed by atoms with Gasteiger partial charge in [0, 0.05) is 25.5 Å². The minimum Gasteiger partial charge on any atom is -0.373 e. The van der Waals surface area contributed by atoms with E-state index >= 15 is 0 Å². The van der Waals surface area contributed by atoms with E-state index in [0.717, 1.165) is 51.2 Å². The Morgan fingerprint density at radius 2 is 1.90 bits per heavy atom. The molecule has 1 aromatic heterocycles. The van der Waals surface area contributed by atoms with E-state index in [1.165, 1.54) is 0 Å². The van der Waals surface area contributed by atoms with Crippen molar-refractivity contribution in [3.05, 3.63) is 18.2 Å². The SMILES string of the molecule is CCCNC(c1nccn1CCC)C(CC)(CC)OCC. The van der Waals surface area contributed by atoms with Gasteiger partial charge >= 0.3 is 0 Å². The van der Waals surface area contributed by atoms with Crippen LogP contribution in [0.4, 0.5) is 0 Å². The lowest BCUT2D eigenvalue weighted by Crippen LogP contribution is -2.47. The van der Waals surface area contributed by atoms with Gasteiger partial charge in [0.05, 0.1) is 11.6 Å². The van der Waals surface area contributed by atoms with E-state index < -0.39 is 0 Å². The molecule has 21 heavy (non-hydrogen) atoms. The van der Waals surface area contributed by atoms with Gasteiger partial charge in [-0.15, -0.1) is 0 Å². The van der Waals surface area contributed by atoms with Crippen molar-refractivity contribution in [1.82, 2.24) is 14.9 Å². The molecule has 4 heteroatoms. The van der Waals surface area contributed by atoms with Crippen LogP contribution in [0.25, 0.3) is 0 Å². The molecule has 0 aliphatic carbocycles. The van der Waals surface area contributed by atoms with Crippen LogP contribution in [0, 0.1) is 0 Å². The van der Waals surface area contributed by atoms with Crippen LogP contribution < -0.4 is 5.32 Å². The maximum Gasteiger partial charge on any atom is 0.128 e. The minimum atomic E-state index is -0.180. The molecule has 0 spiro atoms. The Balaban J connectivity index is 3.15. The Morgan fingerprint density at radius 3 is 2.43 bits per heavy atom. The van der Waals surface area contributed by atoms with E-state index in [0.29, 0.717) is 0 Å². The number of aryl methyl sites for hydroxylation is 1. The van der Waals surface area contributed by atoms with E-state index in [4.69, 9.17) is 4.74 Å². The molecule has 0 saturated carbocycles. The van der Waals surface area contributed by atoms with Crippen molar-refractivity contribution in [3.63, 3.8) is 0 Å². The number of nitrogens with one attached hydrogen (secondary N) is 1. The summed E-state index contributed by atoms with van der Waals surface area (Å²) in [7, 11) is 0. The summed E-state index contributed by atoms with van der Waals surface area (Å²) in [6.07, 6.45) is 8.19. The average molecular weight is 295 g/mol. The van der Waals surface area contributed by atoms with Crippen LogP contribution in [0.1, 0.15) is 72.2 Å². The van der Waals surface area contributed by atoms with Crippen LogP contribution in [0.15, 0.2) is 12.4 Å². The molecule has 1 atom stereocenters. The lowest BCUT2D eigenvalue weighted by atomic mass is 9.87. The summed E-state index contributed by atoms with van der Waals surface area (Å²) >= 11 is 0. The smallest absolute Gasteiger partial charge is 0.128 e. The fourth-order valence-corrected chi connectivity index (χ4v) is 3.05. The lowest BCUT2D eigenvalue weighted by molar-refractivity contribution is -0.0758. The maximum atomic E-state index is 6.23. The standard InChI is InChI=1S/C17H33N3O/c1-6-11-18-15(17(8-3,9-4)21-10-5)16-19-12-14-20(16)13-7-2/h12,14-15,18H,6-11,13H2,1-5H3. The lowest BCUT2D eigenvalue weighted by Gasteiger charge is -2.39. The van der Waals surface area contributed by atoms with Crippen LogP contribution >= 0.6 is 0 Å². The number of imidazole rings is 1. The Morgan fingerprint density at radius 1 is 1.19 bits per heavy atom. The second-order valence-corrected chi connectivity index (χ2v) is 5.57. The molecule has 0 bridgehead atoms. The topological polar surface area (TPSA) is 39.1 Å². The van der Waals surface area contributed by atoms with Gasteiger partial charge in [-0.05, 0) is 39.2 Å². The van der Waals surface area contributed by atoms with Crippen molar-refractivity contribution < 1.29 is 4.74 Å². The molecular formula is C17H33N3O. The van der Waals surface area contributed by atoms with Crippen LogP contribution in [-0.4, -0.2) is 28.3 Å². The molecule has 0 amide bonds. The highest BCUT2D eigenvalue weighted by molar-refractivity contribution is 5.08. The molecule has 0 aliphatic heterocycles. The van der Waals surface area contributed by atoms with Gasteiger partial charge in [0.2, 0.25) is 0 Å². The maximum absolute atomic E-state index is 6.23. The van der Waals surface area contributed by atoms with Crippen molar-refractivity contribution in [1.29, 1.82) is 0 Å². The van der Waals surface area contributed by atoms with Crippen LogP contribution in [-0.2, 0) is 11.3 Å². The van der Waals surface area contributed by atoms with E-state index in [1.807, 2.05) is 6.20 Å². The molecule has 0 aromatic carbocycles. The molecule has 0 fully saturated rings. The molecule has 1 heterocycles. The van der Waals surface area contributed by atoms with Crippen molar-refractivity contribution in [2.24, 2.45) is 0 Å². The molecule has 0 aliphatic rings. The third kappa shape index (κ3) is 4.30. The largest absolute Gasteiger partial charge is 0.373 e. The Labute approximate surface area is 130 Å². The van der Waals surface area contributed by atoms with Crippen molar-refractivity contribution >= 4 is 0 Å². The first-order valence-electron chi connectivity index (χ1n) is 8.57. The minimum absolute atomic E-state index is 0.147. The number of nitrogens with zero attached hydrogens (tertiary/aromatic N) is 2. The first-order chi connectivity index (χ1) is 10.2. The Bertz CT molecular complexity index is 385. The van der Waals surface area contributed by atoms with Crippen molar-refractivity contribution in [2.45, 2.75) is 78.5 Å². The van der Waals surface area contributed by atoms with E-state index in [2.05, 4.69) is 55.7 Å². The second kappa shape index (κ2) is 9.21. The molecular weight excluding hydrogens is 262 g/mol. The van der Waals surface area contributed by atoms with Gasteiger partial charge in [0.15, 0.2) is 0 Å². The summed E-state index contributed by atoms with van der Waals surface area (Å²) in [5, 5.41) is 3.69. The predicted octanol–water partition coefficient (Wildman–Crippen LogP) is 3.93. The average Bonchev–Trinajstić information content (AvgIpc) is 2.95. The predicted molar refractivity (Wildman–Crippen MR) is 88.5 cm³/mol. The van der Waals surface area contributed by atoms with Crippen LogP contribution in [0.5, 0.6) is 0 Å². The zero-order valence-electron chi connectivity index (χ0n) is 14.5. The summed E-state index contributed by atoms with van der Waals surface area (Å²) in [5.74, 6) is 1.11. The molecule has 0 radical (unpaired) electrons. The summed E-state index contributed by atoms with van der Waals surface area (Å²) < 4.78 is 8.50. The van der Waals surface area contributed by atoms with Crippen molar-refractivity contribution in [2.75, 3.05) is 13.2 Å². The van der Waals surface area contributed by atoms with E-state index in [1.54, 1.807) is 0 Å². The quantitative estimate of drug-likeness (QED) is 0.672. The molecule has 1 aromatic rings. The van der Waals surface area contributed by atoms with Gasteiger partial charge in [-0.25, -0.2) is 4.98 Å². The number of rotatable bonds is 11. The van der Waals surface area contributed by atoms with Gasteiger partial charge in [-0.2, -0.15) is 0 Å². The van der Waals surface area contributed by atoms with Crippen LogP contribution in [0.3, 0.4) is 0 Å². The number of hydrogen-bond acceptors (Lipinski definition) is 3. The van der Waals surface area contributed by atoms with E-state index in [9.17, 15) is 0 Å². The summed E-state index contributed by atoms with van der Waals surface area (Å²) in [5.41, 5.74) is -0.180. The number of ether oxygens (including phenoxy) is 1.